The quantitative estimate of drug-likeness (QED) is 0.790. The lowest BCUT2D eigenvalue weighted by molar-refractivity contribution is -0.131. The summed E-state index contributed by atoms with van der Waals surface area (Å²) in [6, 6.07) is 5.30. The van der Waals surface area contributed by atoms with Crippen LogP contribution in [-0.2, 0) is 28.2 Å². The summed E-state index contributed by atoms with van der Waals surface area (Å²) in [5, 5.41) is 2.86. The molecule has 0 unspecified atom stereocenters. The summed E-state index contributed by atoms with van der Waals surface area (Å²) >= 11 is 6.12. The molecule has 1 N–H and O–H groups in total. The summed E-state index contributed by atoms with van der Waals surface area (Å²) in [6.07, 6.45) is 0. The average molecular weight is 409 g/mol. The maximum absolute atomic E-state index is 14.3. The lowest BCUT2D eigenvalue weighted by atomic mass is 9.91. The first kappa shape index (κ1) is 18.6. The number of halogens is 3. The smallest absolute Gasteiger partial charge is 0.325 e. The minimum Gasteiger partial charge on any atom is -0.467 e. The van der Waals surface area contributed by atoms with Gasteiger partial charge in [-0.2, -0.15) is 0 Å². The number of nitrogens with zero attached hydrogens (tertiary/aromatic N) is 1. The van der Waals surface area contributed by atoms with Crippen LogP contribution >= 0.6 is 11.6 Å². The molecule has 2 aliphatic heterocycles. The molecule has 4 rings (SSSR count). The Balaban J connectivity index is 1.69. The zero-order valence-electron chi connectivity index (χ0n) is 14.7. The monoisotopic (exact) mass is 408 g/mol. The van der Waals surface area contributed by atoms with E-state index in [-0.39, 0.29) is 25.5 Å². The van der Waals surface area contributed by atoms with Gasteiger partial charge < -0.3 is 14.8 Å². The summed E-state index contributed by atoms with van der Waals surface area (Å²) in [7, 11) is 0. The molecular formula is C19H15ClF2N2O4. The van der Waals surface area contributed by atoms with Crippen LogP contribution in [0, 0.1) is 11.6 Å². The maximum atomic E-state index is 14.3. The van der Waals surface area contributed by atoms with Gasteiger partial charge in [-0.15, -0.1) is 0 Å². The van der Waals surface area contributed by atoms with Gasteiger partial charge in [0.2, 0.25) is 0 Å². The number of fused-ring (bicyclic) bond motifs is 1. The molecule has 0 saturated carbocycles. The van der Waals surface area contributed by atoms with Gasteiger partial charge in [0.15, 0.2) is 6.79 Å². The van der Waals surface area contributed by atoms with Crippen molar-refractivity contribution in [2.24, 2.45) is 0 Å². The fraction of sp³-hybridized carbons (Fsp3) is 0.263. The highest BCUT2D eigenvalue weighted by molar-refractivity contribution is 6.30. The van der Waals surface area contributed by atoms with E-state index in [1.54, 1.807) is 12.1 Å². The zero-order valence-corrected chi connectivity index (χ0v) is 15.5. The first-order valence-corrected chi connectivity index (χ1v) is 8.79. The Bertz CT molecular complexity index is 1000. The van der Waals surface area contributed by atoms with Crippen LogP contribution in [0.25, 0.3) is 0 Å². The van der Waals surface area contributed by atoms with Crippen LogP contribution < -0.4 is 10.1 Å². The first-order chi connectivity index (χ1) is 13.3. The van der Waals surface area contributed by atoms with Crippen LogP contribution in [0.5, 0.6) is 5.75 Å². The molecule has 0 spiro atoms. The first-order valence-electron chi connectivity index (χ1n) is 8.41. The van der Waals surface area contributed by atoms with Crippen LogP contribution in [0.4, 0.5) is 13.6 Å². The van der Waals surface area contributed by atoms with Crippen LogP contribution in [-0.4, -0.2) is 23.6 Å². The predicted molar refractivity (Wildman–Crippen MR) is 94.5 cm³/mol. The number of nitrogens with one attached hydrogen (secondary N) is 1. The minimum atomic E-state index is -1.73. The van der Waals surface area contributed by atoms with Gasteiger partial charge >= 0.3 is 6.03 Å². The second kappa shape index (κ2) is 6.72. The standard InChI is InChI=1S/C19H15ClF2N2O4/c1-19(14-6-13(21)2-3-15(14)22)17(25)24(18(26)23-19)7-10-4-12(20)5-11-8-27-9-28-16(10)11/h2-6H,7-9H2,1H3,(H,23,26)/t19-/m1/s1. The number of carbonyl (C=O) groups excluding carboxylic acids is 2. The number of ether oxygens (including phenoxy) is 2. The largest absolute Gasteiger partial charge is 0.467 e. The number of carbonyl (C=O) groups is 2. The van der Waals surface area contributed by atoms with Crippen LogP contribution in [0.1, 0.15) is 23.6 Å². The zero-order chi connectivity index (χ0) is 20.1. The third-order valence-electron chi connectivity index (χ3n) is 4.82. The Morgan fingerprint density at radius 2 is 2.04 bits per heavy atom. The van der Waals surface area contributed by atoms with Crippen molar-refractivity contribution in [3.05, 3.63) is 63.7 Å². The highest BCUT2D eigenvalue weighted by atomic mass is 35.5. The van der Waals surface area contributed by atoms with E-state index in [1.807, 2.05) is 0 Å². The average Bonchev–Trinajstić information content (AvgIpc) is 2.87. The molecule has 2 aliphatic rings. The normalized spacial score (nSPS) is 21.4. The van der Waals surface area contributed by atoms with Crippen molar-refractivity contribution in [2.75, 3.05) is 6.79 Å². The molecule has 0 aliphatic carbocycles. The van der Waals surface area contributed by atoms with Gasteiger partial charge in [0.25, 0.3) is 5.91 Å². The fourth-order valence-corrected chi connectivity index (χ4v) is 3.71. The summed E-state index contributed by atoms with van der Waals surface area (Å²) in [4.78, 5) is 26.4. The Morgan fingerprint density at radius 1 is 1.25 bits per heavy atom. The van der Waals surface area contributed by atoms with Gasteiger partial charge in [-0.05, 0) is 37.3 Å². The van der Waals surface area contributed by atoms with Crippen molar-refractivity contribution in [2.45, 2.75) is 25.6 Å². The van der Waals surface area contributed by atoms with E-state index in [1.165, 1.54) is 6.92 Å². The number of imide groups is 1. The summed E-state index contributed by atoms with van der Waals surface area (Å²) in [5.41, 5.74) is -0.768. The Morgan fingerprint density at radius 3 is 2.82 bits per heavy atom. The molecule has 2 aromatic rings. The number of amides is 3. The van der Waals surface area contributed by atoms with Crippen molar-refractivity contribution in [3.8, 4) is 5.75 Å². The van der Waals surface area contributed by atoms with Crippen molar-refractivity contribution in [1.82, 2.24) is 10.2 Å². The number of urea groups is 1. The van der Waals surface area contributed by atoms with Gasteiger partial charge in [0.05, 0.1) is 13.2 Å². The van der Waals surface area contributed by atoms with E-state index in [4.69, 9.17) is 21.1 Å². The lowest BCUT2D eigenvalue weighted by Crippen LogP contribution is -2.41. The van der Waals surface area contributed by atoms with E-state index in [0.29, 0.717) is 21.9 Å². The Labute approximate surface area is 164 Å². The van der Waals surface area contributed by atoms with Gasteiger partial charge in [0.1, 0.15) is 22.9 Å². The molecule has 0 aromatic heterocycles. The summed E-state index contributed by atoms with van der Waals surface area (Å²) < 4.78 is 38.6. The molecule has 6 nitrogen and oxygen atoms in total. The van der Waals surface area contributed by atoms with Crippen molar-refractivity contribution < 1.29 is 27.8 Å². The molecule has 28 heavy (non-hydrogen) atoms. The van der Waals surface area contributed by atoms with E-state index >= 15 is 0 Å². The van der Waals surface area contributed by atoms with Crippen LogP contribution in [0.3, 0.4) is 0 Å². The molecule has 9 heteroatoms. The van der Waals surface area contributed by atoms with Crippen molar-refractivity contribution >= 4 is 23.5 Å². The van der Waals surface area contributed by atoms with E-state index in [2.05, 4.69) is 5.32 Å². The van der Waals surface area contributed by atoms with Gasteiger partial charge in [-0.25, -0.2) is 13.6 Å². The second-order valence-corrected chi connectivity index (χ2v) is 7.17. The molecule has 0 radical (unpaired) electrons. The predicted octanol–water partition coefficient (Wildman–Crippen LogP) is 3.45. The summed E-state index contributed by atoms with van der Waals surface area (Å²) in [6.45, 7) is 1.52. The third kappa shape index (κ3) is 2.98. The Kier molecular flexibility index (Phi) is 4.47. The molecule has 1 atom stereocenters. The van der Waals surface area contributed by atoms with Gasteiger partial charge in [0, 0.05) is 21.7 Å². The fourth-order valence-electron chi connectivity index (χ4n) is 3.45. The molecule has 1 saturated heterocycles. The van der Waals surface area contributed by atoms with Crippen LogP contribution in [0.15, 0.2) is 30.3 Å². The van der Waals surface area contributed by atoms with E-state index < -0.39 is 29.1 Å². The lowest BCUT2D eigenvalue weighted by Gasteiger charge is -2.24. The molecular weight excluding hydrogens is 394 g/mol. The van der Waals surface area contributed by atoms with Gasteiger partial charge in [-0.1, -0.05) is 11.6 Å². The topological polar surface area (TPSA) is 67.9 Å². The third-order valence-corrected chi connectivity index (χ3v) is 5.04. The molecule has 146 valence electrons. The maximum Gasteiger partial charge on any atom is 0.325 e. The van der Waals surface area contributed by atoms with Crippen LogP contribution in [0.2, 0.25) is 5.02 Å². The SMILES string of the molecule is C[C@]1(c2cc(F)ccc2F)NC(=O)N(Cc2cc(Cl)cc3c2OCOC3)C1=O. The van der Waals surface area contributed by atoms with E-state index in [9.17, 15) is 18.4 Å². The van der Waals surface area contributed by atoms with Crippen molar-refractivity contribution in [3.63, 3.8) is 0 Å². The minimum absolute atomic E-state index is 0.0357. The molecule has 2 heterocycles. The second-order valence-electron chi connectivity index (χ2n) is 6.73. The molecule has 1 fully saturated rings. The summed E-state index contributed by atoms with van der Waals surface area (Å²) in [5.74, 6) is -1.72. The Hall–Kier alpha value is -2.71. The van der Waals surface area contributed by atoms with Crippen molar-refractivity contribution in [1.29, 1.82) is 0 Å². The highest BCUT2D eigenvalue weighted by Gasteiger charge is 2.50. The number of hydrogen-bond donors (Lipinski definition) is 1. The molecule has 0 bridgehead atoms. The number of hydrogen-bond acceptors (Lipinski definition) is 4. The van der Waals surface area contributed by atoms with Gasteiger partial charge in [-0.3, -0.25) is 9.69 Å². The number of rotatable bonds is 3. The number of benzene rings is 2. The molecule has 3 amide bonds. The molecule has 2 aromatic carbocycles. The highest BCUT2D eigenvalue weighted by Crippen LogP contribution is 2.36. The van der Waals surface area contributed by atoms with E-state index in [0.717, 1.165) is 23.1 Å².